The van der Waals surface area contributed by atoms with Gasteiger partial charge in [0, 0.05) is 51.7 Å². The average molecular weight is 267 g/mol. The summed E-state index contributed by atoms with van der Waals surface area (Å²) in [5.74, 6) is 1.16. The van der Waals surface area contributed by atoms with Crippen LogP contribution >= 0.6 is 0 Å². The number of amides is 1. The Bertz CT molecular complexity index is 298. The molecule has 19 heavy (non-hydrogen) atoms. The largest absolute Gasteiger partial charge is 0.340 e. The van der Waals surface area contributed by atoms with Crippen LogP contribution in [0.1, 0.15) is 33.6 Å². The first-order chi connectivity index (χ1) is 9.06. The van der Waals surface area contributed by atoms with Gasteiger partial charge >= 0.3 is 0 Å². The molecule has 2 aliphatic heterocycles. The highest BCUT2D eigenvalue weighted by Crippen LogP contribution is 2.15. The number of likely N-dealkylation sites (tertiary alicyclic amines) is 1. The molecular weight excluding hydrogens is 238 g/mol. The second-order valence-corrected chi connectivity index (χ2v) is 6.45. The highest BCUT2D eigenvalue weighted by Gasteiger charge is 2.24. The van der Waals surface area contributed by atoms with Crippen LogP contribution in [0.25, 0.3) is 0 Å². The Morgan fingerprint density at radius 1 is 1.16 bits per heavy atom. The SMILES string of the molecule is CC1CCN(CCC(=O)N2CCN(C(C)C)CC2)C1. The number of hydrogen-bond acceptors (Lipinski definition) is 3. The van der Waals surface area contributed by atoms with Crippen molar-refractivity contribution in [1.29, 1.82) is 0 Å². The molecule has 0 aromatic rings. The van der Waals surface area contributed by atoms with Crippen molar-refractivity contribution in [3.8, 4) is 0 Å². The lowest BCUT2D eigenvalue weighted by Gasteiger charge is -2.37. The third-order valence-electron chi connectivity index (χ3n) is 4.55. The molecule has 2 fully saturated rings. The standard InChI is InChI=1S/C15H29N3O/c1-13(2)17-8-10-18(11-9-17)15(19)5-7-16-6-4-14(3)12-16/h13-14H,4-12H2,1-3H3. The molecule has 2 saturated heterocycles. The molecule has 0 radical (unpaired) electrons. The van der Waals surface area contributed by atoms with Crippen molar-refractivity contribution < 1.29 is 4.79 Å². The topological polar surface area (TPSA) is 26.8 Å². The summed E-state index contributed by atoms with van der Waals surface area (Å²) in [6.45, 7) is 13.9. The van der Waals surface area contributed by atoms with E-state index in [0.29, 0.717) is 18.4 Å². The van der Waals surface area contributed by atoms with Crippen LogP contribution < -0.4 is 0 Å². The lowest BCUT2D eigenvalue weighted by molar-refractivity contribution is -0.133. The molecule has 1 unspecified atom stereocenters. The van der Waals surface area contributed by atoms with Crippen molar-refractivity contribution in [2.75, 3.05) is 45.8 Å². The van der Waals surface area contributed by atoms with Crippen molar-refractivity contribution in [2.24, 2.45) is 5.92 Å². The number of piperazine rings is 1. The molecule has 4 nitrogen and oxygen atoms in total. The molecule has 0 saturated carbocycles. The summed E-state index contributed by atoms with van der Waals surface area (Å²) in [5, 5.41) is 0. The van der Waals surface area contributed by atoms with Crippen molar-refractivity contribution in [3.63, 3.8) is 0 Å². The molecule has 0 spiro atoms. The van der Waals surface area contributed by atoms with Gasteiger partial charge in [-0.3, -0.25) is 9.69 Å². The van der Waals surface area contributed by atoms with Gasteiger partial charge in [-0.2, -0.15) is 0 Å². The van der Waals surface area contributed by atoms with Gasteiger partial charge < -0.3 is 9.80 Å². The minimum Gasteiger partial charge on any atom is -0.340 e. The van der Waals surface area contributed by atoms with Gasteiger partial charge in [-0.05, 0) is 32.7 Å². The van der Waals surface area contributed by atoms with Gasteiger partial charge in [-0.15, -0.1) is 0 Å². The summed E-state index contributed by atoms with van der Waals surface area (Å²) in [5.41, 5.74) is 0. The van der Waals surface area contributed by atoms with Crippen molar-refractivity contribution in [1.82, 2.24) is 14.7 Å². The molecule has 4 heteroatoms. The molecule has 0 aliphatic carbocycles. The van der Waals surface area contributed by atoms with Gasteiger partial charge in [0.05, 0.1) is 0 Å². The first-order valence-electron chi connectivity index (χ1n) is 7.80. The van der Waals surface area contributed by atoms with E-state index >= 15 is 0 Å². The minimum atomic E-state index is 0.350. The maximum Gasteiger partial charge on any atom is 0.223 e. The van der Waals surface area contributed by atoms with E-state index in [1.54, 1.807) is 0 Å². The zero-order valence-corrected chi connectivity index (χ0v) is 12.8. The first kappa shape index (κ1) is 14.8. The maximum absolute atomic E-state index is 12.2. The van der Waals surface area contributed by atoms with Crippen LogP contribution in [0.15, 0.2) is 0 Å². The number of rotatable bonds is 4. The highest BCUT2D eigenvalue weighted by atomic mass is 16.2. The zero-order valence-electron chi connectivity index (χ0n) is 12.8. The summed E-state index contributed by atoms with van der Waals surface area (Å²) >= 11 is 0. The number of carbonyl (C=O) groups excluding carboxylic acids is 1. The molecular formula is C15H29N3O. The Morgan fingerprint density at radius 2 is 1.84 bits per heavy atom. The van der Waals surface area contributed by atoms with Gasteiger partial charge in [0.25, 0.3) is 0 Å². The lowest BCUT2D eigenvalue weighted by atomic mass is 10.2. The second kappa shape index (κ2) is 6.71. The van der Waals surface area contributed by atoms with Crippen LogP contribution in [0, 0.1) is 5.92 Å². The Morgan fingerprint density at radius 3 is 2.37 bits per heavy atom. The van der Waals surface area contributed by atoms with Crippen LogP contribution in [0.5, 0.6) is 0 Å². The summed E-state index contributed by atoms with van der Waals surface area (Å²) in [6.07, 6.45) is 2.00. The monoisotopic (exact) mass is 267 g/mol. The molecule has 1 atom stereocenters. The first-order valence-corrected chi connectivity index (χ1v) is 7.80. The Balaban J connectivity index is 1.67. The molecule has 2 rings (SSSR count). The maximum atomic E-state index is 12.2. The number of hydrogen-bond donors (Lipinski definition) is 0. The van der Waals surface area contributed by atoms with Gasteiger partial charge in [-0.1, -0.05) is 6.92 Å². The smallest absolute Gasteiger partial charge is 0.223 e. The number of nitrogens with zero attached hydrogens (tertiary/aromatic N) is 3. The summed E-state index contributed by atoms with van der Waals surface area (Å²) < 4.78 is 0. The molecule has 2 aliphatic rings. The fourth-order valence-corrected chi connectivity index (χ4v) is 3.13. The highest BCUT2D eigenvalue weighted by molar-refractivity contribution is 5.76. The Kier molecular flexibility index (Phi) is 5.22. The van der Waals surface area contributed by atoms with E-state index in [2.05, 4.69) is 35.5 Å². The Hall–Kier alpha value is -0.610. The van der Waals surface area contributed by atoms with Crippen LogP contribution in [-0.4, -0.2) is 72.5 Å². The van der Waals surface area contributed by atoms with Crippen molar-refractivity contribution >= 4 is 5.91 Å². The Labute approximate surface area is 117 Å². The van der Waals surface area contributed by atoms with Crippen molar-refractivity contribution in [3.05, 3.63) is 0 Å². The normalized spacial score (nSPS) is 26.3. The quantitative estimate of drug-likeness (QED) is 0.767. The van der Waals surface area contributed by atoms with E-state index in [-0.39, 0.29) is 0 Å². The molecule has 0 N–H and O–H groups in total. The van der Waals surface area contributed by atoms with E-state index < -0.39 is 0 Å². The van der Waals surface area contributed by atoms with Crippen LogP contribution in [-0.2, 0) is 4.79 Å². The van der Waals surface area contributed by atoms with E-state index in [4.69, 9.17) is 0 Å². The molecule has 2 heterocycles. The summed E-state index contributed by atoms with van der Waals surface area (Å²) in [6, 6.07) is 0.600. The van der Waals surface area contributed by atoms with Crippen LogP contribution in [0.3, 0.4) is 0 Å². The predicted molar refractivity (Wildman–Crippen MR) is 78.1 cm³/mol. The minimum absolute atomic E-state index is 0.350. The van der Waals surface area contributed by atoms with Gasteiger partial charge in [0.1, 0.15) is 0 Å². The van der Waals surface area contributed by atoms with Gasteiger partial charge in [-0.25, -0.2) is 0 Å². The van der Waals surface area contributed by atoms with Gasteiger partial charge in [0.2, 0.25) is 5.91 Å². The lowest BCUT2D eigenvalue weighted by Crippen LogP contribution is -2.51. The third kappa shape index (κ3) is 4.18. The van der Waals surface area contributed by atoms with Gasteiger partial charge in [0.15, 0.2) is 0 Å². The molecule has 0 aromatic heterocycles. The summed E-state index contributed by atoms with van der Waals surface area (Å²) in [7, 11) is 0. The van der Waals surface area contributed by atoms with E-state index in [9.17, 15) is 4.79 Å². The van der Waals surface area contributed by atoms with E-state index in [1.807, 2.05) is 0 Å². The van der Waals surface area contributed by atoms with E-state index in [0.717, 1.165) is 38.6 Å². The molecule has 0 aromatic carbocycles. The third-order valence-corrected chi connectivity index (χ3v) is 4.55. The average Bonchev–Trinajstić information content (AvgIpc) is 2.82. The second-order valence-electron chi connectivity index (χ2n) is 6.45. The fraction of sp³-hybridized carbons (Fsp3) is 0.933. The zero-order chi connectivity index (χ0) is 13.8. The number of carbonyl (C=O) groups is 1. The van der Waals surface area contributed by atoms with Crippen molar-refractivity contribution in [2.45, 2.75) is 39.7 Å². The van der Waals surface area contributed by atoms with E-state index in [1.165, 1.54) is 19.5 Å². The molecule has 0 bridgehead atoms. The summed E-state index contributed by atoms with van der Waals surface area (Å²) in [4.78, 5) is 19.1. The van der Waals surface area contributed by atoms with Crippen LogP contribution in [0.2, 0.25) is 0 Å². The molecule has 110 valence electrons. The predicted octanol–water partition coefficient (Wildman–Crippen LogP) is 1.27. The van der Waals surface area contributed by atoms with Crippen LogP contribution in [0.4, 0.5) is 0 Å². The fourth-order valence-electron chi connectivity index (χ4n) is 3.13. The molecule has 1 amide bonds.